The largest absolute Gasteiger partial charge is 0.363 e. The maximum absolute atomic E-state index is 6.10. The van der Waals surface area contributed by atoms with Gasteiger partial charge < -0.3 is 5.32 Å². The van der Waals surface area contributed by atoms with Crippen molar-refractivity contribution >= 4 is 17.4 Å². The quantitative estimate of drug-likeness (QED) is 0.834. The van der Waals surface area contributed by atoms with Crippen LogP contribution >= 0.6 is 11.6 Å². The van der Waals surface area contributed by atoms with E-state index in [-0.39, 0.29) is 6.04 Å². The second kappa shape index (κ2) is 5.35. The lowest BCUT2D eigenvalue weighted by Crippen LogP contribution is -2.10. The highest BCUT2D eigenvalue weighted by molar-refractivity contribution is 6.30. The molecule has 96 valence electrons. The van der Waals surface area contributed by atoms with Crippen LogP contribution in [0.3, 0.4) is 0 Å². The maximum Gasteiger partial charge on any atom is 0.137 e. The first-order valence-corrected chi connectivity index (χ1v) is 6.27. The molecule has 0 fully saturated rings. The predicted molar refractivity (Wildman–Crippen MR) is 71.8 cm³/mol. The van der Waals surface area contributed by atoms with Gasteiger partial charge in [0.2, 0.25) is 0 Å². The molecule has 0 amide bonds. The molecule has 0 radical (unpaired) electrons. The van der Waals surface area contributed by atoms with Gasteiger partial charge in [-0.15, -0.1) is 0 Å². The number of nitrogens with zero attached hydrogens (tertiary/aromatic N) is 3. The monoisotopic (exact) mass is 265 g/mol. The van der Waals surface area contributed by atoms with Crippen LogP contribution in [-0.4, -0.2) is 20.2 Å². The van der Waals surface area contributed by atoms with Crippen LogP contribution in [0.15, 0.2) is 12.4 Å². The summed E-state index contributed by atoms with van der Waals surface area (Å²) in [5.41, 5.74) is 1.94. The van der Waals surface area contributed by atoms with Gasteiger partial charge in [0, 0.05) is 23.7 Å². The van der Waals surface area contributed by atoms with E-state index in [0.29, 0.717) is 5.15 Å². The van der Waals surface area contributed by atoms with Crippen LogP contribution in [0.2, 0.25) is 5.15 Å². The molecule has 2 N–H and O–H groups in total. The molecule has 0 aliphatic carbocycles. The molecule has 0 bridgehead atoms. The lowest BCUT2D eigenvalue weighted by atomic mass is 10.2. The molecule has 5 nitrogen and oxygen atoms in total. The lowest BCUT2D eigenvalue weighted by Gasteiger charge is -2.15. The highest BCUT2D eigenvalue weighted by Crippen LogP contribution is 2.24. The van der Waals surface area contributed by atoms with Crippen molar-refractivity contribution in [2.75, 3.05) is 5.32 Å². The van der Waals surface area contributed by atoms with E-state index in [2.05, 4.69) is 25.5 Å². The van der Waals surface area contributed by atoms with Gasteiger partial charge in [-0.3, -0.25) is 5.10 Å². The van der Waals surface area contributed by atoms with E-state index in [9.17, 15) is 0 Å². The predicted octanol–water partition coefficient (Wildman–Crippen LogP) is 2.90. The number of aryl methyl sites for hydroxylation is 1. The molecule has 0 aliphatic rings. The van der Waals surface area contributed by atoms with Crippen LogP contribution in [-0.2, 0) is 6.42 Å². The fraction of sp³-hybridized carbons (Fsp3) is 0.417. The van der Waals surface area contributed by atoms with E-state index in [1.165, 1.54) is 0 Å². The number of halogens is 1. The average molecular weight is 266 g/mol. The Morgan fingerprint density at radius 3 is 2.83 bits per heavy atom. The topological polar surface area (TPSA) is 66.5 Å². The van der Waals surface area contributed by atoms with Crippen LogP contribution in [0.5, 0.6) is 0 Å². The Hall–Kier alpha value is -1.62. The van der Waals surface area contributed by atoms with Crippen LogP contribution < -0.4 is 5.32 Å². The lowest BCUT2D eigenvalue weighted by molar-refractivity contribution is 0.852. The van der Waals surface area contributed by atoms with Crippen LogP contribution in [0.4, 0.5) is 5.82 Å². The van der Waals surface area contributed by atoms with Crippen molar-refractivity contribution in [2.45, 2.75) is 33.2 Å². The van der Waals surface area contributed by atoms with Crippen molar-refractivity contribution < 1.29 is 0 Å². The van der Waals surface area contributed by atoms with E-state index in [1.54, 1.807) is 6.20 Å². The summed E-state index contributed by atoms with van der Waals surface area (Å²) in [6, 6.07) is 0.109. The molecular formula is C12H16ClN5. The summed E-state index contributed by atoms with van der Waals surface area (Å²) >= 11 is 6.10. The third kappa shape index (κ3) is 2.61. The number of anilines is 1. The molecular weight excluding hydrogens is 250 g/mol. The van der Waals surface area contributed by atoms with Gasteiger partial charge in [0.1, 0.15) is 16.8 Å². The summed E-state index contributed by atoms with van der Waals surface area (Å²) in [5, 5.41) is 10.6. The van der Waals surface area contributed by atoms with Crippen LogP contribution in [0.1, 0.15) is 36.8 Å². The molecule has 2 heterocycles. The Morgan fingerprint density at radius 1 is 1.44 bits per heavy atom. The highest BCUT2D eigenvalue weighted by Gasteiger charge is 2.12. The number of aromatic nitrogens is 4. The van der Waals surface area contributed by atoms with E-state index in [4.69, 9.17) is 11.6 Å². The van der Waals surface area contributed by atoms with E-state index in [0.717, 1.165) is 29.2 Å². The summed E-state index contributed by atoms with van der Waals surface area (Å²) in [5.74, 6) is 1.52. The van der Waals surface area contributed by atoms with Crippen molar-refractivity contribution in [3.8, 4) is 0 Å². The molecule has 2 rings (SSSR count). The van der Waals surface area contributed by atoms with Gasteiger partial charge in [-0.2, -0.15) is 5.10 Å². The zero-order chi connectivity index (χ0) is 13.1. The minimum atomic E-state index is 0.109. The van der Waals surface area contributed by atoms with Crippen LogP contribution in [0, 0.1) is 6.92 Å². The molecule has 2 aromatic rings. The van der Waals surface area contributed by atoms with Gasteiger partial charge in [0.25, 0.3) is 0 Å². The second-order valence-electron chi connectivity index (χ2n) is 4.16. The Labute approximate surface area is 111 Å². The zero-order valence-electron chi connectivity index (χ0n) is 10.7. The third-order valence-corrected chi connectivity index (χ3v) is 3.19. The Kier molecular flexibility index (Phi) is 3.81. The van der Waals surface area contributed by atoms with Crippen molar-refractivity contribution in [1.82, 2.24) is 20.2 Å². The normalized spacial score (nSPS) is 12.4. The van der Waals surface area contributed by atoms with Crippen LogP contribution in [0.25, 0.3) is 0 Å². The standard InChI is InChI=1S/C12H16ClN5/c1-4-10-17-11(13)7(2)12(18-10)16-8(3)9-5-14-15-6-9/h5-6,8H,4H2,1-3H3,(H,14,15)(H,16,17,18). The van der Waals surface area contributed by atoms with Crippen molar-refractivity contribution in [1.29, 1.82) is 0 Å². The SMILES string of the molecule is CCc1nc(Cl)c(C)c(NC(C)c2cn[nH]c2)n1. The summed E-state index contributed by atoms with van der Waals surface area (Å²) in [7, 11) is 0. The Morgan fingerprint density at radius 2 is 2.22 bits per heavy atom. The summed E-state index contributed by atoms with van der Waals surface area (Å²) < 4.78 is 0. The van der Waals surface area contributed by atoms with Gasteiger partial charge >= 0.3 is 0 Å². The van der Waals surface area contributed by atoms with E-state index < -0.39 is 0 Å². The number of nitrogens with one attached hydrogen (secondary N) is 2. The third-order valence-electron chi connectivity index (χ3n) is 2.82. The summed E-state index contributed by atoms with van der Waals surface area (Å²) in [4.78, 5) is 8.68. The molecule has 6 heteroatoms. The molecule has 1 atom stereocenters. The molecule has 18 heavy (non-hydrogen) atoms. The number of hydrogen-bond acceptors (Lipinski definition) is 4. The number of rotatable bonds is 4. The Balaban J connectivity index is 2.25. The molecule has 0 saturated heterocycles. The molecule has 0 aromatic carbocycles. The number of H-pyrrole nitrogens is 1. The highest BCUT2D eigenvalue weighted by atomic mass is 35.5. The maximum atomic E-state index is 6.10. The number of hydrogen-bond donors (Lipinski definition) is 2. The zero-order valence-corrected chi connectivity index (χ0v) is 11.4. The fourth-order valence-electron chi connectivity index (χ4n) is 1.62. The van der Waals surface area contributed by atoms with Gasteiger partial charge in [-0.05, 0) is 13.8 Å². The smallest absolute Gasteiger partial charge is 0.137 e. The first kappa shape index (κ1) is 12.8. The first-order valence-electron chi connectivity index (χ1n) is 5.90. The summed E-state index contributed by atoms with van der Waals surface area (Å²) in [6.45, 7) is 5.96. The molecule has 1 unspecified atom stereocenters. The minimum absolute atomic E-state index is 0.109. The summed E-state index contributed by atoms with van der Waals surface area (Å²) in [6.07, 6.45) is 4.40. The van der Waals surface area contributed by atoms with Crippen molar-refractivity contribution in [2.24, 2.45) is 0 Å². The molecule has 0 aliphatic heterocycles. The van der Waals surface area contributed by atoms with Gasteiger partial charge in [0.05, 0.1) is 12.2 Å². The number of aromatic amines is 1. The average Bonchev–Trinajstić information content (AvgIpc) is 2.88. The van der Waals surface area contributed by atoms with Gasteiger partial charge in [0.15, 0.2) is 0 Å². The van der Waals surface area contributed by atoms with E-state index in [1.807, 2.05) is 27.0 Å². The molecule has 0 saturated carbocycles. The Bertz CT molecular complexity index is 524. The van der Waals surface area contributed by atoms with Crippen molar-refractivity contribution in [3.05, 3.63) is 34.5 Å². The fourth-order valence-corrected chi connectivity index (χ4v) is 1.80. The molecule has 2 aromatic heterocycles. The second-order valence-corrected chi connectivity index (χ2v) is 4.51. The first-order chi connectivity index (χ1) is 8.61. The molecule has 0 spiro atoms. The minimum Gasteiger partial charge on any atom is -0.363 e. The van der Waals surface area contributed by atoms with E-state index >= 15 is 0 Å². The van der Waals surface area contributed by atoms with Crippen molar-refractivity contribution in [3.63, 3.8) is 0 Å². The van der Waals surface area contributed by atoms with Gasteiger partial charge in [-0.25, -0.2) is 9.97 Å². The van der Waals surface area contributed by atoms with Gasteiger partial charge in [-0.1, -0.05) is 18.5 Å².